The summed E-state index contributed by atoms with van der Waals surface area (Å²) >= 11 is 7.81. The van der Waals surface area contributed by atoms with Crippen LogP contribution in [0.4, 0.5) is 0 Å². The monoisotopic (exact) mass is 377 g/mol. The molecule has 0 fully saturated rings. The lowest BCUT2D eigenvalue weighted by molar-refractivity contribution is 0.447. The SMILES string of the molecule is Cc1cc(Br)ccc1-c1c(S)nnn1-c1ccc(O)cc1O. The van der Waals surface area contributed by atoms with E-state index in [0.717, 1.165) is 15.6 Å². The van der Waals surface area contributed by atoms with E-state index in [2.05, 4.69) is 38.9 Å². The Bertz CT molecular complexity index is 864. The van der Waals surface area contributed by atoms with Crippen LogP contribution in [0.3, 0.4) is 0 Å². The molecule has 1 heterocycles. The van der Waals surface area contributed by atoms with Gasteiger partial charge in [0.25, 0.3) is 0 Å². The maximum absolute atomic E-state index is 10.1. The van der Waals surface area contributed by atoms with E-state index in [1.807, 2.05) is 25.1 Å². The first kappa shape index (κ1) is 14.9. The lowest BCUT2D eigenvalue weighted by Crippen LogP contribution is -2.01. The van der Waals surface area contributed by atoms with Crippen LogP contribution in [0.5, 0.6) is 11.5 Å². The zero-order valence-corrected chi connectivity index (χ0v) is 14.0. The van der Waals surface area contributed by atoms with Crippen LogP contribution in [-0.2, 0) is 0 Å². The van der Waals surface area contributed by atoms with Crippen molar-refractivity contribution in [3.05, 3.63) is 46.4 Å². The van der Waals surface area contributed by atoms with E-state index in [1.54, 1.807) is 6.07 Å². The van der Waals surface area contributed by atoms with Crippen molar-refractivity contribution in [2.24, 2.45) is 0 Å². The summed E-state index contributed by atoms with van der Waals surface area (Å²) in [6, 6.07) is 10.1. The van der Waals surface area contributed by atoms with Crippen LogP contribution in [0.25, 0.3) is 16.9 Å². The van der Waals surface area contributed by atoms with Crippen LogP contribution >= 0.6 is 28.6 Å². The molecule has 0 atom stereocenters. The van der Waals surface area contributed by atoms with Gasteiger partial charge in [0, 0.05) is 16.1 Å². The van der Waals surface area contributed by atoms with Gasteiger partial charge in [-0.1, -0.05) is 27.2 Å². The number of benzene rings is 2. The Morgan fingerprint density at radius 3 is 2.59 bits per heavy atom. The third-order valence-electron chi connectivity index (χ3n) is 3.28. The largest absolute Gasteiger partial charge is 0.508 e. The molecule has 22 heavy (non-hydrogen) atoms. The predicted octanol–water partition coefficient (Wildman–Crippen LogP) is 3.71. The molecule has 0 saturated heterocycles. The molecule has 7 heteroatoms. The number of phenols is 2. The van der Waals surface area contributed by atoms with E-state index in [9.17, 15) is 10.2 Å². The van der Waals surface area contributed by atoms with Gasteiger partial charge in [-0.2, -0.15) is 0 Å². The molecule has 0 bridgehead atoms. The van der Waals surface area contributed by atoms with Crippen molar-refractivity contribution in [3.63, 3.8) is 0 Å². The molecule has 3 aromatic rings. The number of aromatic nitrogens is 3. The molecule has 3 rings (SSSR count). The Morgan fingerprint density at radius 1 is 1.14 bits per heavy atom. The molecule has 2 aromatic carbocycles. The number of aromatic hydroxyl groups is 2. The molecule has 0 saturated carbocycles. The van der Waals surface area contributed by atoms with Crippen molar-refractivity contribution in [1.29, 1.82) is 0 Å². The number of hydrogen-bond donors (Lipinski definition) is 3. The first-order chi connectivity index (χ1) is 10.5. The van der Waals surface area contributed by atoms with Gasteiger partial charge in [-0.15, -0.1) is 17.7 Å². The minimum Gasteiger partial charge on any atom is -0.508 e. The maximum atomic E-state index is 10.1. The summed E-state index contributed by atoms with van der Waals surface area (Å²) in [6.45, 7) is 1.97. The Labute approximate surface area is 140 Å². The third kappa shape index (κ3) is 2.57. The number of halogens is 1. The van der Waals surface area contributed by atoms with Gasteiger partial charge in [-0.3, -0.25) is 0 Å². The lowest BCUT2D eigenvalue weighted by Gasteiger charge is -2.11. The summed E-state index contributed by atoms with van der Waals surface area (Å²) in [5, 5.41) is 28.0. The molecule has 1 aromatic heterocycles. The van der Waals surface area contributed by atoms with Gasteiger partial charge >= 0.3 is 0 Å². The van der Waals surface area contributed by atoms with E-state index in [1.165, 1.54) is 16.8 Å². The van der Waals surface area contributed by atoms with Crippen LogP contribution in [-0.4, -0.2) is 25.2 Å². The Balaban J connectivity index is 2.24. The van der Waals surface area contributed by atoms with Crippen LogP contribution < -0.4 is 0 Å². The number of nitrogens with zero attached hydrogens (tertiary/aromatic N) is 3. The summed E-state index contributed by atoms with van der Waals surface area (Å²) < 4.78 is 2.48. The highest BCUT2D eigenvalue weighted by molar-refractivity contribution is 9.10. The third-order valence-corrected chi connectivity index (χ3v) is 4.08. The Morgan fingerprint density at radius 2 is 1.91 bits per heavy atom. The summed E-state index contributed by atoms with van der Waals surface area (Å²) in [7, 11) is 0. The van der Waals surface area contributed by atoms with E-state index < -0.39 is 0 Å². The predicted molar refractivity (Wildman–Crippen MR) is 89.8 cm³/mol. The zero-order chi connectivity index (χ0) is 15.9. The summed E-state index contributed by atoms with van der Waals surface area (Å²) in [5.74, 6) is -0.108. The molecule has 0 amide bonds. The summed E-state index contributed by atoms with van der Waals surface area (Å²) in [5.41, 5.74) is 3.02. The fraction of sp³-hybridized carbons (Fsp3) is 0.0667. The van der Waals surface area contributed by atoms with Gasteiger partial charge in [0.1, 0.15) is 27.9 Å². The second kappa shape index (κ2) is 5.66. The minimum absolute atomic E-state index is 0.0196. The van der Waals surface area contributed by atoms with Gasteiger partial charge in [-0.05, 0) is 36.8 Å². The number of phenolic OH excluding ortho intramolecular Hbond substituents is 2. The molecule has 0 aliphatic carbocycles. The number of hydrogen-bond acceptors (Lipinski definition) is 5. The van der Waals surface area contributed by atoms with E-state index in [0.29, 0.717) is 16.4 Å². The molecular weight excluding hydrogens is 366 g/mol. The molecule has 0 aliphatic rings. The molecule has 2 N–H and O–H groups in total. The minimum atomic E-state index is -0.0887. The van der Waals surface area contributed by atoms with E-state index in [4.69, 9.17) is 0 Å². The fourth-order valence-electron chi connectivity index (χ4n) is 2.26. The highest BCUT2D eigenvalue weighted by Crippen LogP contribution is 2.34. The second-order valence-corrected chi connectivity index (χ2v) is 6.15. The number of rotatable bonds is 2. The van der Waals surface area contributed by atoms with Crippen molar-refractivity contribution in [2.45, 2.75) is 11.9 Å². The summed E-state index contributed by atoms with van der Waals surface area (Å²) in [4.78, 5) is 0. The topological polar surface area (TPSA) is 71.2 Å². The fourth-order valence-corrected chi connectivity index (χ4v) is 2.99. The zero-order valence-electron chi connectivity index (χ0n) is 11.5. The van der Waals surface area contributed by atoms with Crippen molar-refractivity contribution in [2.75, 3.05) is 0 Å². The van der Waals surface area contributed by atoms with Gasteiger partial charge in [-0.25, -0.2) is 4.68 Å². The Hall–Kier alpha value is -1.99. The molecule has 0 aliphatic heterocycles. The molecule has 5 nitrogen and oxygen atoms in total. The molecule has 0 radical (unpaired) electrons. The van der Waals surface area contributed by atoms with Crippen LogP contribution in [0.15, 0.2) is 45.9 Å². The quantitative estimate of drug-likeness (QED) is 0.595. The van der Waals surface area contributed by atoms with Crippen molar-refractivity contribution in [1.82, 2.24) is 15.0 Å². The van der Waals surface area contributed by atoms with Gasteiger partial charge < -0.3 is 10.2 Å². The van der Waals surface area contributed by atoms with Crippen molar-refractivity contribution >= 4 is 28.6 Å². The van der Waals surface area contributed by atoms with Crippen LogP contribution in [0.2, 0.25) is 0 Å². The average Bonchev–Trinajstić information content (AvgIpc) is 2.81. The normalized spacial score (nSPS) is 10.9. The Kier molecular flexibility index (Phi) is 3.84. The summed E-state index contributed by atoms with van der Waals surface area (Å²) in [6.07, 6.45) is 0. The standard InChI is InChI=1S/C15H12BrN3O2S/c1-8-6-9(16)2-4-11(8)14-15(22)17-18-19(14)12-5-3-10(20)7-13(12)21/h2-7,20-22H,1H3. The van der Waals surface area contributed by atoms with Crippen molar-refractivity contribution in [3.8, 4) is 28.4 Å². The van der Waals surface area contributed by atoms with E-state index in [-0.39, 0.29) is 11.5 Å². The molecule has 0 spiro atoms. The maximum Gasteiger partial charge on any atom is 0.145 e. The van der Waals surface area contributed by atoms with Crippen molar-refractivity contribution < 1.29 is 10.2 Å². The first-order valence-electron chi connectivity index (χ1n) is 6.41. The lowest BCUT2D eigenvalue weighted by atomic mass is 10.1. The highest BCUT2D eigenvalue weighted by Gasteiger charge is 2.18. The van der Waals surface area contributed by atoms with Gasteiger partial charge in [0.15, 0.2) is 0 Å². The highest BCUT2D eigenvalue weighted by atomic mass is 79.9. The molecule has 0 unspecified atom stereocenters. The number of thiol groups is 1. The van der Waals surface area contributed by atoms with Gasteiger partial charge in [0.2, 0.25) is 0 Å². The average molecular weight is 378 g/mol. The first-order valence-corrected chi connectivity index (χ1v) is 7.65. The van der Waals surface area contributed by atoms with Crippen LogP contribution in [0.1, 0.15) is 5.56 Å². The molecular formula is C15H12BrN3O2S. The van der Waals surface area contributed by atoms with Gasteiger partial charge in [0.05, 0.1) is 0 Å². The number of aryl methyl sites for hydroxylation is 1. The van der Waals surface area contributed by atoms with Crippen LogP contribution in [0, 0.1) is 6.92 Å². The van der Waals surface area contributed by atoms with E-state index >= 15 is 0 Å². The second-order valence-electron chi connectivity index (χ2n) is 4.81. The smallest absolute Gasteiger partial charge is 0.145 e. The molecule has 112 valence electrons.